The second-order valence-corrected chi connectivity index (χ2v) is 22.7. The molecule has 4 rings (SSSR count). The molecule has 0 saturated carbocycles. The molecule has 12 nitrogen and oxygen atoms in total. The second-order valence-electron chi connectivity index (χ2n) is 20.0. The number of anilines is 1. The van der Waals surface area contributed by atoms with Gasteiger partial charge in [0.25, 0.3) is 0 Å². The van der Waals surface area contributed by atoms with Crippen LogP contribution < -0.4 is 25.5 Å². The molecular weight excluding hydrogens is 1130 g/mol. The van der Waals surface area contributed by atoms with Gasteiger partial charge in [-0.3, -0.25) is 4.79 Å². The van der Waals surface area contributed by atoms with E-state index in [1.807, 2.05) is 57.2 Å². The van der Waals surface area contributed by atoms with E-state index in [4.69, 9.17) is 25.9 Å². The number of nitrogens with one attached hydrogen (secondary N) is 3. The predicted molar refractivity (Wildman–Crippen MR) is 300 cm³/mol. The zero-order valence-electron chi connectivity index (χ0n) is 49.0. The Labute approximate surface area is 482 Å². The molecule has 0 radical (unpaired) electrons. The Hall–Kier alpha value is -5.57. The van der Waals surface area contributed by atoms with Crippen LogP contribution >= 0.6 is 0 Å². The first kappa shape index (κ1) is 78.7. The first-order valence-corrected chi connectivity index (χ1v) is 28.1. The van der Waals surface area contributed by atoms with Crippen molar-refractivity contribution in [1.82, 2.24) is 0 Å². The quantitative estimate of drug-likeness (QED) is 0.0219. The summed E-state index contributed by atoms with van der Waals surface area (Å²) >= 11 is 0. The number of halogens is 6. The minimum atomic E-state index is -6.09. The van der Waals surface area contributed by atoms with Crippen molar-refractivity contribution in [2.75, 3.05) is 5.32 Å². The third-order valence-corrected chi connectivity index (χ3v) is 11.7. The topological polar surface area (TPSA) is 218 Å². The molecule has 0 spiro atoms. The Kier molecular flexibility index (Phi) is 36.1. The molecule has 4 aromatic rings. The number of rotatable bonds is 13. The monoisotopic (exact) mass is 1210 g/mol. The number of carbonyl (C=O) groups excluding carboxylic acids is 1. The number of benzene rings is 4. The van der Waals surface area contributed by atoms with Gasteiger partial charge in [0.1, 0.15) is 0 Å². The summed E-state index contributed by atoms with van der Waals surface area (Å²) in [5.74, 6) is 2.90. The van der Waals surface area contributed by atoms with E-state index in [0.29, 0.717) is 35.5 Å². The fourth-order valence-corrected chi connectivity index (χ4v) is 7.09. The standard InChI is InChI=1S/3C17H25NO.C6H6.2CHF3O3S.Fe/c3*1-11(2)15-8-7-9-16(12(3)4)17(15)18-13(5)10-14(6)19;1-2-4-6-5-3-1;2*2-1(3,4)8(5,6)7;/h2*7-12,19H,1-6H3;7-12,18H,1-6H3;1-6H;2*(H,5,6,7);/q;;;;;;+2/p-2/b2*14-10-,18-13?;13-10-;;;;. The Morgan fingerprint density at radius 1 is 0.450 bits per heavy atom. The van der Waals surface area contributed by atoms with Gasteiger partial charge < -0.3 is 24.6 Å². The molecular formula is C59H81F6FeN3O9S2. The Morgan fingerprint density at radius 2 is 0.662 bits per heavy atom. The summed E-state index contributed by atoms with van der Waals surface area (Å²) in [6.07, 6.45) is 4.92. The van der Waals surface area contributed by atoms with Crippen LogP contribution in [0, 0.1) is 0 Å². The summed E-state index contributed by atoms with van der Waals surface area (Å²) in [6.45, 7) is 36.8. The number of carbonyl (C=O) groups is 1. The number of allylic oxidation sites excluding steroid dienone is 6. The van der Waals surface area contributed by atoms with Gasteiger partial charge in [-0.2, -0.15) is 26.3 Å². The molecule has 0 atom stereocenters. The van der Waals surface area contributed by atoms with Gasteiger partial charge >= 0.3 is 28.1 Å². The summed E-state index contributed by atoms with van der Waals surface area (Å²) in [7, 11) is -12.2. The number of hydrogen-bond acceptors (Lipinski definition) is 10. The molecule has 0 saturated heterocycles. The van der Waals surface area contributed by atoms with E-state index in [1.165, 1.54) is 33.4 Å². The van der Waals surface area contributed by atoms with E-state index in [-0.39, 0.29) is 34.4 Å². The minimum Gasteiger partial charge on any atom is -0.875 e. The summed E-state index contributed by atoms with van der Waals surface area (Å²) in [6, 6.07) is 31.2. The fourth-order valence-electron chi connectivity index (χ4n) is 7.09. The van der Waals surface area contributed by atoms with Crippen molar-refractivity contribution in [1.29, 1.82) is 0 Å². The third-order valence-electron chi connectivity index (χ3n) is 10.6. The molecule has 0 bridgehead atoms. The van der Waals surface area contributed by atoms with Crippen molar-refractivity contribution in [2.45, 2.75) is 171 Å². The zero-order chi connectivity index (χ0) is 62.0. The van der Waals surface area contributed by atoms with Gasteiger partial charge in [-0.25, -0.2) is 26.8 Å². The fraction of sp³-hybridized carbons (Fsp3) is 0.441. The van der Waals surface area contributed by atoms with Crippen molar-refractivity contribution >= 4 is 54.5 Å². The maximum atomic E-state index is 11.2. The van der Waals surface area contributed by atoms with Crippen molar-refractivity contribution in [2.24, 2.45) is 0 Å². The van der Waals surface area contributed by atoms with Gasteiger partial charge in [0.2, 0.25) is 11.4 Å². The number of alkyl halides is 6. The molecule has 0 fully saturated rings. The van der Waals surface area contributed by atoms with E-state index in [0.717, 1.165) is 34.2 Å². The zero-order valence-corrected chi connectivity index (χ0v) is 51.7. The van der Waals surface area contributed by atoms with Crippen LogP contribution in [0.1, 0.15) is 194 Å². The van der Waals surface area contributed by atoms with E-state index >= 15 is 0 Å². The predicted octanol–water partition coefficient (Wildman–Crippen LogP) is 11.4. The first-order chi connectivity index (χ1) is 36.0. The van der Waals surface area contributed by atoms with Crippen LogP contribution in [0.5, 0.6) is 0 Å². The maximum absolute atomic E-state index is 11.2. The molecule has 0 amide bonds. The van der Waals surface area contributed by atoms with Crippen LogP contribution in [0.3, 0.4) is 0 Å². The minimum absolute atomic E-state index is 0. The molecule has 0 aliphatic heterocycles. The molecule has 3 N–H and O–H groups in total. The third kappa shape index (κ3) is 31.4. The molecule has 80 heavy (non-hydrogen) atoms. The van der Waals surface area contributed by atoms with Crippen molar-refractivity contribution < 1.29 is 94.3 Å². The van der Waals surface area contributed by atoms with Crippen LogP contribution in [0.4, 0.5) is 43.4 Å². The maximum Gasteiger partial charge on any atom is 2.00 e. The Morgan fingerprint density at radius 3 is 0.838 bits per heavy atom. The van der Waals surface area contributed by atoms with Gasteiger partial charge in [-0.05, 0) is 78.7 Å². The van der Waals surface area contributed by atoms with Gasteiger partial charge in [-0.1, -0.05) is 188 Å². The van der Waals surface area contributed by atoms with E-state index in [9.17, 15) is 41.4 Å². The molecule has 0 unspecified atom stereocenters. The van der Waals surface area contributed by atoms with Crippen LogP contribution in [-0.2, 0) is 42.1 Å². The van der Waals surface area contributed by atoms with Gasteiger partial charge in [0.15, 0.2) is 37.4 Å². The molecule has 21 heteroatoms. The van der Waals surface area contributed by atoms with Gasteiger partial charge in [0, 0.05) is 47.5 Å². The smallest absolute Gasteiger partial charge is 0.875 e. The summed E-state index contributed by atoms with van der Waals surface area (Å²) < 4.78 is 118. The average Bonchev–Trinajstić information content (AvgIpc) is 3.28. The summed E-state index contributed by atoms with van der Waals surface area (Å²) in [5.41, 5.74) is 2.61. The number of para-hydroxylation sites is 3. The van der Waals surface area contributed by atoms with Crippen LogP contribution in [-0.4, -0.2) is 54.2 Å². The van der Waals surface area contributed by atoms with Crippen LogP contribution in [0.25, 0.3) is 0 Å². The SMILES string of the molecule is CC(/C=C(/C)[O-])=[NH+]c1c(C(C)C)cccc1C(C)C.CC(/C=C(/C)[O-])=[NH+]c1c(C(C)C)cccc1C(C)C.CC(=O)/C=C(/C)Nc1c(C(C)C)cccc1C(C)C.O=S(=O)([O-])C(F)(F)F.O=S(=O)([O-])C(F)(F)F.[Fe+2].c1ccccc1. The van der Waals surface area contributed by atoms with Crippen molar-refractivity contribution in [3.63, 3.8) is 0 Å². The normalized spacial score (nSPS) is 12.7. The van der Waals surface area contributed by atoms with Crippen molar-refractivity contribution in [3.8, 4) is 0 Å². The van der Waals surface area contributed by atoms with E-state index in [1.54, 1.807) is 39.0 Å². The number of hydrogen-bond donors (Lipinski definition) is 3. The number of ketones is 1. The van der Waals surface area contributed by atoms with E-state index < -0.39 is 31.3 Å². The Balaban J connectivity index is -0.000000932. The summed E-state index contributed by atoms with van der Waals surface area (Å²) in [4.78, 5) is 18.0. The van der Waals surface area contributed by atoms with Crippen LogP contribution in [0.15, 0.2) is 126 Å². The summed E-state index contributed by atoms with van der Waals surface area (Å²) in [5, 5.41) is 25.7. The van der Waals surface area contributed by atoms with Gasteiger partial charge in [0.05, 0.1) is 0 Å². The van der Waals surface area contributed by atoms with Gasteiger partial charge in [-0.15, -0.1) is 11.5 Å². The second kappa shape index (κ2) is 36.7. The van der Waals surface area contributed by atoms with Crippen LogP contribution in [0.2, 0.25) is 0 Å². The molecule has 0 aliphatic carbocycles. The molecule has 448 valence electrons. The largest absolute Gasteiger partial charge is 2.00 e. The average molecular weight is 1210 g/mol. The molecule has 4 aromatic carbocycles. The molecule has 0 heterocycles. The van der Waals surface area contributed by atoms with E-state index in [2.05, 4.69) is 153 Å². The molecule has 0 aliphatic rings. The molecule has 0 aromatic heterocycles. The Bertz CT molecular complexity index is 2660. The van der Waals surface area contributed by atoms with Crippen molar-refractivity contribution in [3.05, 3.63) is 160 Å². The first-order valence-electron chi connectivity index (χ1n) is 25.3.